The minimum atomic E-state index is -0.287. The van der Waals surface area contributed by atoms with Crippen molar-refractivity contribution in [1.82, 2.24) is 4.90 Å². The Labute approximate surface area is 154 Å². The summed E-state index contributed by atoms with van der Waals surface area (Å²) >= 11 is 9.89. The van der Waals surface area contributed by atoms with Crippen molar-refractivity contribution in [2.45, 2.75) is 6.92 Å². The molecule has 0 aliphatic carbocycles. The first kappa shape index (κ1) is 17.0. The Bertz CT molecular complexity index is 835. The minimum Gasteiger partial charge on any atom is -0.340 e. The van der Waals surface area contributed by atoms with Crippen molar-refractivity contribution < 1.29 is 4.39 Å². The first-order chi connectivity index (χ1) is 11.5. The molecule has 24 heavy (non-hydrogen) atoms. The molecule has 0 aromatic heterocycles. The molecule has 3 rings (SSSR count). The molecule has 2 aromatic rings. The maximum atomic E-state index is 14.7. The molecule has 1 aliphatic rings. The quantitative estimate of drug-likeness (QED) is 0.570. The normalized spacial score (nSPS) is 14.9. The number of hydrogen-bond donors (Lipinski definition) is 0. The summed E-state index contributed by atoms with van der Waals surface area (Å²) in [6.45, 7) is 6.70. The second-order valence-electron chi connectivity index (χ2n) is 5.41. The molecular formula is C20H16BrClFN. The monoisotopic (exact) mass is 403 g/mol. The lowest BCUT2D eigenvalue weighted by Gasteiger charge is -2.34. The van der Waals surface area contributed by atoms with Gasteiger partial charge in [0.25, 0.3) is 0 Å². The Morgan fingerprint density at radius 2 is 1.83 bits per heavy atom. The molecule has 1 heterocycles. The molecule has 0 N–H and O–H groups in total. The summed E-state index contributed by atoms with van der Waals surface area (Å²) in [6, 6.07) is 14.8. The average molecular weight is 405 g/mol. The van der Waals surface area contributed by atoms with Gasteiger partial charge < -0.3 is 4.90 Å². The fraction of sp³-hybridized carbons (Fsp3) is 0.100. The van der Waals surface area contributed by atoms with Gasteiger partial charge in [0.1, 0.15) is 5.82 Å². The third-order valence-corrected chi connectivity index (χ3v) is 4.99. The fourth-order valence-electron chi connectivity index (χ4n) is 2.87. The van der Waals surface area contributed by atoms with Crippen LogP contribution in [0.15, 0.2) is 76.4 Å². The largest absolute Gasteiger partial charge is 0.340 e. The van der Waals surface area contributed by atoms with Gasteiger partial charge in [-0.1, -0.05) is 54.6 Å². The third-order valence-electron chi connectivity index (χ3n) is 4.00. The molecule has 122 valence electrons. The van der Waals surface area contributed by atoms with Gasteiger partial charge in [0.05, 0.1) is 16.4 Å². The van der Waals surface area contributed by atoms with Crippen LogP contribution in [0.2, 0.25) is 0 Å². The van der Waals surface area contributed by atoms with Crippen molar-refractivity contribution in [3.05, 3.63) is 93.3 Å². The van der Waals surface area contributed by atoms with Crippen LogP contribution in [0.5, 0.6) is 0 Å². The topological polar surface area (TPSA) is 3.24 Å². The first-order valence-corrected chi connectivity index (χ1v) is 8.79. The van der Waals surface area contributed by atoms with E-state index >= 15 is 0 Å². The summed E-state index contributed by atoms with van der Waals surface area (Å²) in [5.74, 6) is -0.287. The van der Waals surface area contributed by atoms with Gasteiger partial charge in [0.2, 0.25) is 0 Å². The van der Waals surface area contributed by atoms with E-state index in [-0.39, 0.29) is 5.82 Å². The Balaban J connectivity index is 2.37. The second kappa shape index (κ2) is 6.96. The molecule has 0 amide bonds. The lowest BCUT2D eigenvalue weighted by molar-refractivity contribution is 0.521. The lowest BCUT2D eigenvalue weighted by atomic mass is 9.94. The third kappa shape index (κ3) is 2.94. The highest BCUT2D eigenvalue weighted by Gasteiger charge is 2.27. The van der Waals surface area contributed by atoms with Crippen LogP contribution in [-0.4, -0.2) is 11.4 Å². The number of halogens is 3. The van der Waals surface area contributed by atoms with Crippen molar-refractivity contribution in [3.8, 4) is 0 Å². The maximum Gasteiger partial charge on any atom is 0.133 e. The summed E-state index contributed by atoms with van der Waals surface area (Å²) in [4.78, 5) is 1.95. The smallest absolute Gasteiger partial charge is 0.133 e. The maximum absolute atomic E-state index is 14.7. The number of hydrogen-bond acceptors (Lipinski definition) is 1. The van der Waals surface area contributed by atoms with Gasteiger partial charge >= 0.3 is 0 Å². The van der Waals surface area contributed by atoms with Gasteiger partial charge in [0, 0.05) is 22.2 Å². The van der Waals surface area contributed by atoms with Crippen LogP contribution in [0.1, 0.15) is 18.1 Å². The second-order valence-corrected chi connectivity index (χ2v) is 6.67. The first-order valence-electron chi connectivity index (χ1n) is 7.62. The van der Waals surface area contributed by atoms with Gasteiger partial charge in [-0.25, -0.2) is 4.39 Å². The zero-order valence-electron chi connectivity index (χ0n) is 13.2. The zero-order chi connectivity index (χ0) is 17.3. The van der Waals surface area contributed by atoms with E-state index in [1.54, 1.807) is 6.07 Å². The molecule has 0 saturated heterocycles. The Hall–Kier alpha value is -1.84. The van der Waals surface area contributed by atoms with Crippen LogP contribution in [-0.2, 0) is 0 Å². The molecule has 0 fully saturated rings. The van der Waals surface area contributed by atoms with E-state index in [1.807, 2.05) is 54.3 Å². The van der Waals surface area contributed by atoms with E-state index in [4.69, 9.17) is 11.6 Å². The molecule has 0 spiro atoms. The zero-order valence-corrected chi connectivity index (χ0v) is 15.5. The average Bonchev–Trinajstić information content (AvgIpc) is 2.58. The predicted octanol–water partition coefficient (Wildman–Crippen LogP) is 6.43. The predicted molar refractivity (Wildman–Crippen MR) is 103 cm³/mol. The van der Waals surface area contributed by atoms with E-state index in [0.717, 1.165) is 16.8 Å². The molecule has 4 heteroatoms. The molecule has 1 aliphatic heterocycles. The lowest BCUT2D eigenvalue weighted by Crippen LogP contribution is -2.25. The number of benzene rings is 2. The molecule has 0 radical (unpaired) electrons. The SMILES string of the molecule is C=C1C(Cl)=CC(c2ccccc2)=C(c2c(F)cccc2Br)N1CC. The van der Waals surface area contributed by atoms with Crippen molar-refractivity contribution in [3.63, 3.8) is 0 Å². The highest BCUT2D eigenvalue weighted by Crippen LogP contribution is 2.42. The van der Waals surface area contributed by atoms with Gasteiger partial charge in [-0.3, -0.25) is 0 Å². The highest BCUT2D eigenvalue weighted by molar-refractivity contribution is 9.10. The fourth-order valence-corrected chi connectivity index (χ4v) is 3.61. The molecule has 2 aromatic carbocycles. The van der Waals surface area contributed by atoms with Crippen molar-refractivity contribution in [2.75, 3.05) is 6.54 Å². The Morgan fingerprint density at radius 3 is 2.46 bits per heavy atom. The van der Waals surface area contributed by atoms with E-state index in [9.17, 15) is 4.39 Å². The van der Waals surface area contributed by atoms with Crippen LogP contribution >= 0.6 is 27.5 Å². The Morgan fingerprint density at radius 1 is 1.12 bits per heavy atom. The van der Waals surface area contributed by atoms with Crippen LogP contribution in [0.3, 0.4) is 0 Å². The van der Waals surface area contributed by atoms with Crippen LogP contribution in [0.25, 0.3) is 11.3 Å². The molecule has 1 nitrogen and oxygen atoms in total. The molecule has 0 bridgehead atoms. The summed E-state index contributed by atoms with van der Waals surface area (Å²) < 4.78 is 15.4. The summed E-state index contributed by atoms with van der Waals surface area (Å²) in [7, 11) is 0. The molecule has 0 saturated carbocycles. The van der Waals surface area contributed by atoms with Gasteiger partial charge in [-0.15, -0.1) is 0 Å². The number of rotatable bonds is 3. The van der Waals surface area contributed by atoms with Crippen LogP contribution in [0, 0.1) is 5.82 Å². The standard InChI is InChI=1S/C20H16BrClFN/c1-3-24-13(2)17(22)12-15(14-8-5-4-6-9-14)20(24)19-16(21)10-7-11-18(19)23/h4-12H,2-3H2,1H3. The van der Waals surface area contributed by atoms with Crippen molar-refractivity contribution in [1.29, 1.82) is 0 Å². The summed E-state index contributed by atoms with van der Waals surface area (Å²) in [6.07, 6.45) is 1.86. The van der Waals surface area contributed by atoms with E-state index in [0.29, 0.717) is 27.3 Å². The Kier molecular flexibility index (Phi) is 4.93. The minimum absolute atomic E-state index is 0.287. The van der Waals surface area contributed by atoms with Crippen molar-refractivity contribution in [2.24, 2.45) is 0 Å². The van der Waals surface area contributed by atoms with Crippen molar-refractivity contribution >= 4 is 38.8 Å². The van der Waals surface area contributed by atoms with Gasteiger partial charge in [-0.05, 0) is 46.6 Å². The van der Waals surface area contributed by atoms with Gasteiger partial charge in [-0.2, -0.15) is 0 Å². The van der Waals surface area contributed by atoms with Gasteiger partial charge in [0.15, 0.2) is 0 Å². The number of nitrogens with zero attached hydrogens (tertiary/aromatic N) is 1. The van der Waals surface area contributed by atoms with E-state index < -0.39 is 0 Å². The highest BCUT2D eigenvalue weighted by atomic mass is 79.9. The van der Waals surface area contributed by atoms with E-state index in [1.165, 1.54) is 6.07 Å². The number of allylic oxidation sites excluding steroid dienone is 3. The van der Waals surface area contributed by atoms with Crippen LogP contribution < -0.4 is 0 Å². The number of likely N-dealkylation sites (N-methyl/N-ethyl adjacent to an activating group) is 1. The van der Waals surface area contributed by atoms with Crippen LogP contribution in [0.4, 0.5) is 4.39 Å². The molecule has 0 atom stereocenters. The summed E-state index contributed by atoms with van der Waals surface area (Å²) in [5.41, 5.74) is 3.80. The summed E-state index contributed by atoms with van der Waals surface area (Å²) in [5, 5.41) is 0.562. The molecule has 0 unspecified atom stereocenters. The molecular weight excluding hydrogens is 389 g/mol. The van der Waals surface area contributed by atoms with E-state index in [2.05, 4.69) is 22.5 Å².